The molecule has 8 nitrogen and oxygen atoms in total. The fourth-order valence-corrected chi connectivity index (χ4v) is 6.25. The molecule has 5 rings (SSSR count). The SMILES string of the molecule is C[C@@H]1CCCCN1C(=O)Cc1ccc(-c2nn3c(CC(=O)N4CCCC[C@H]4C)nnc3s2)cc1Cl. The van der Waals surface area contributed by atoms with Gasteiger partial charge in [0.2, 0.25) is 16.8 Å². The molecule has 3 aromatic rings. The molecule has 0 radical (unpaired) electrons. The molecule has 0 bridgehead atoms. The third-order valence-electron chi connectivity index (χ3n) is 7.25. The van der Waals surface area contributed by atoms with Crippen molar-refractivity contribution in [3.63, 3.8) is 0 Å². The molecule has 4 heterocycles. The van der Waals surface area contributed by atoms with Crippen LogP contribution in [0.15, 0.2) is 18.2 Å². The van der Waals surface area contributed by atoms with Crippen molar-refractivity contribution in [2.45, 2.75) is 77.3 Å². The van der Waals surface area contributed by atoms with Crippen molar-refractivity contribution < 1.29 is 9.59 Å². The Morgan fingerprint density at radius 2 is 1.63 bits per heavy atom. The Balaban J connectivity index is 1.30. The number of rotatable bonds is 5. The largest absolute Gasteiger partial charge is 0.340 e. The molecule has 186 valence electrons. The highest BCUT2D eigenvalue weighted by atomic mass is 35.5. The van der Waals surface area contributed by atoms with Gasteiger partial charge in [0, 0.05) is 35.8 Å². The molecule has 1 aromatic carbocycles. The molecule has 0 unspecified atom stereocenters. The third-order valence-corrected chi connectivity index (χ3v) is 8.55. The van der Waals surface area contributed by atoms with E-state index in [1.54, 1.807) is 4.52 Å². The summed E-state index contributed by atoms with van der Waals surface area (Å²) in [5.41, 5.74) is 1.68. The quantitative estimate of drug-likeness (QED) is 0.504. The smallest absolute Gasteiger partial charge is 0.234 e. The standard InChI is InChI=1S/C25H31ClN6O2S/c1-16-7-3-5-11-30(16)22(33)14-18-9-10-19(13-20(18)26)24-29-32-21(27-28-25(32)35-24)15-23(34)31-12-6-4-8-17(31)2/h9-10,13,16-17H,3-8,11-12,14-15H2,1-2H3/t16-,17-/m1/s1. The van der Waals surface area contributed by atoms with E-state index in [1.807, 2.05) is 28.0 Å². The number of benzene rings is 1. The van der Waals surface area contributed by atoms with Gasteiger partial charge in [0.1, 0.15) is 5.01 Å². The van der Waals surface area contributed by atoms with Crippen LogP contribution in [0.4, 0.5) is 0 Å². The van der Waals surface area contributed by atoms with Crippen LogP contribution in [0.3, 0.4) is 0 Å². The predicted octanol–water partition coefficient (Wildman–Crippen LogP) is 4.39. The number of piperidine rings is 2. The lowest BCUT2D eigenvalue weighted by Crippen LogP contribution is -2.43. The Morgan fingerprint density at radius 1 is 0.971 bits per heavy atom. The second-order valence-corrected chi connectivity index (χ2v) is 11.1. The maximum Gasteiger partial charge on any atom is 0.234 e. The maximum atomic E-state index is 12.9. The van der Waals surface area contributed by atoms with Crippen LogP contribution in [0, 0.1) is 0 Å². The van der Waals surface area contributed by atoms with Crippen molar-refractivity contribution >= 4 is 39.7 Å². The lowest BCUT2D eigenvalue weighted by atomic mass is 10.0. The first-order valence-electron chi connectivity index (χ1n) is 12.5. The van der Waals surface area contributed by atoms with Gasteiger partial charge in [-0.15, -0.1) is 10.2 Å². The molecule has 2 saturated heterocycles. The van der Waals surface area contributed by atoms with Crippen LogP contribution in [0.2, 0.25) is 5.02 Å². The second-order valence-electron chi connectivity index (χ2n) is 9.74. The van der Waals surface area contributed by atoms with Crippen LogP contribution in [-0.4, -0.2) is 66.6 Å². The van der Waals surface area contributed by atoms with Gasteiger partial charge in [-0.2, -0.15) is 9.61 Å². The summed E-state index contributed by atoms with van der Waals surface area (Å²) in [6.45, 7) is 5.84. The molecule has 35 heavy (non-hydrogen) atoms. The molecule has 0 aliphatic carbocycles. The summed E-state index contributed by atoms with van der Waals surface area (Å²) in [4.78, 5) is 30.3. The molecule has 0 spiro atoms. The summed E-state index contributed by atoms with van der Waals surface area (Å²) in [6.07, 6.45) is 7.05. The van der Waals surface area contributed by atoms with Gasteiger partial charge in [-0.1, -0.05) is 35.1 Å². The summed E-state index contributed by atoms with van der Waals surface area (Å²) >= 11 is 8.00. The number of carbonyl (C=O) groups excluding carboxylic acids is 2. The molecule has 10 heteroatoms. The summed E-state index contributed by atoms with van der Waals surface area (Å²) in [5, 5.41) is 14.4. The maximum absolute atomic E-state index is 12.9. The molecule has 0 saturated carbocycles. The minimum absolute atomic E-state index is 0.0705. The topological polar surface area (TPSA) is 83.7 Å². The average molecular weight is 515 g/mol. The van der Waals surface area contributed by atoms with Gasteiger partial charge in [-0.3, -0.25) is 9.59 Å². The molecule has 2 aliphatic heterocycles. The summed E-state index contributed by atoms with van der Waals surface area (Å²) in [5.74, 6) is 0.748. The van der Waals surface area contributed by atoms with E-state index in [4.69, 9.17) is 11.6 Å². The Hall–Kier alpha value is -2.52. The second kappa shape index (κ2) is 10.2. The van der Waals surface area contributed by atoms with E-state index in [1.165, 1.54) is 24.2 Å². The van der Waals surface area contributed by atoms with E-state index >= 15 is 0 Å². The molecular formula is C25H31ClN6O2S. The van der Waals surface area contributed by atoms with E-state index in [-0.39, 0.29) is 30.3 Å². The van der Waals surface area contributed by atoms with Crippen LogP contribution >= 0.6 is 22.9 Å². The zero-order valence-electron chi connectivity index (χ0n) is 20.2. The Bertz CT molecular complexity index is 1240. The van der Waals surface area contributed by atoms with E-state index in [2.05, 4.69) is 29.1 Å². The van der Waals surface area contributed by atoms with E-state index in [0.717, 1.165) is 54.9 Å². The first-order chi connectivity index (χ1) is 16.9. The van der Waals surface area contributed by atoms with Crippen LogP contribution in [-0.2, 0) is 22.4 Å². The summed E-state index contributed by atoms with van der Waals surface area (Å²) in [7, 11) is 0. The molecule has 0 N–H and O–H groups in total. The van der Waals surface area contributed by atoms with E-state index in [9.17, 15) is 9.59 Å². The van der Waals surface area contributed by atoms with Crippen molar-refractivity contribution in [2.24, 2.45) is 0 Å². The highest BCUT2D eigenvalue weighted by molar-refractivity contribution is 7.19. The molecule has 2 aliphatic rings. The fourth-order valence-electron chi connectivity index (χ4n) is 5.15. The minimum Gasteiger partial charge on any atom is -0.340 e. The third kappa shape index (κ3) is 5.07. The Kier molecular flexibility index (Phi) is 7.07. The highest BCUT2D eigenvalue weighted by Gasteiger charge is 2.26. The molecule has 2 fully saturated rings. The first-order valence-corrected chi connectivity index (χ1v) is 13.7. The van der Waals surface area contributed by atoms with Crippen molar-refractivity contribution in [1.29, 1.82) is 0 Å². The molecule has 2 amide bonds. The lowest BCUT2D eigenvalue weighted by molar-refractivity contribution is -0.134. The van der Waals surface area contributed by atoms with E-state index < -0.39 is 0 Å². The minimum atomic E-state index is 0.0705. The monoisotopic (exact) mass is 514 g/mol. The van der Waals surface area contributed by atoms with E-state index in [0.29, 0.717) is 22.2 Å². The van der Waals surface area contributed by atoms with Crippen LogP contribution in [0.25, 0.3) is 15.5 Å². The average Bonchev–Trinajstić information content (AvgIpc) is 3.43. The normalized spacial score (nSPS) is 21.0. The van der Waals surface area contributed by atoms with Gasteiger partial charge in [0.05, 0.1) is 12.8 Å². The number of nitrogens with zero attached hydrogens (tertiary/aromatic N) is 6. The van der Waals surface area contributed by atoms with Crippen molar-refractivity contribution in [2.75, 3.05) is 13.1 Å². The fraction of sp³-hybridized carbons (Fsp3) is 0.560. The number of amides is 2. The molecule has 2 aromatic heterocycles. The van der Waals surface area contributed by atoms with Gasteiger partial charge in [-0.05, 0) is 64.0 Å². The molecule has 2 atom stereocenters. The predicted molar refractivity (Wildman–Crippen MR) is 137 cm³/mol. The summed E-state index contributed by atoms with van der Waals surface area (Å²) < 4.78 is 1.66. The van der Waals surface area contributed by atoms with Crippen molar-refractivity contribution in [1.82, 2.24) is 29.6 Å². The number of carbonyl (C=O) groups is 2. The van der Waals surface area contributed by atoms with Crippen LogP contribution < -0.4 is 0 Å². The van der Waals surface area contributed by atoms with Gasteiger partial charge < -0.3 is 9.80 Å². The van der Waals surface area contributed by atoms with Gasteiger partial charge in [0.25, 0.3) is 0 Å². The number of aromatic nitrogens is 4. The van der Waals surface area contributed by atoms with Crippen molar-refractivity contribution in [3.05, 3.63) is 34.6 Å². The lowest BCUT2D eigenvalue weighted by Gasteiger charge is -2.33. The van der Waals surface area contributed by atoms with Gasteiger partial charge >= 0.3 is 0 Å². The van der Waals surface area contributed by atoms with Gasteiger partial charge in [0.15, 0.2) is 5.82 Å². The zero-order valence-corrected chi connectivity index (χ0v) is 21.8. The Morgan fingerprint density at radius 3 is 2.26 bits per heavy atom. The summed E-state index contributed by atoms with van der Waals surface area (Å²) in [6, 6.07) is 6.26. The highest BCUT2D eigenvalue weighted by Crippen LogP contribution is 2.30. The number of halogens is 1. The zero-order chi connectivity index (χ0) is 24.5. The number of likely N-dealkylation sites (tertiary alicyclic amines) is 2. The number of hydrogen-bond acceptors (Lipinski definition) is 6. The van der Waals surface area contributed by atoms with Gasteiger partial charge in [-0.25, -0.2) is 0 Å². The van der Waals surface area contributed by atoms with Crippen LogP contribution in [0.1, 0.15) is 63.8 Å². The molecular weight excluding hydrogens is 484 g/mol. The Labute approximate surface area is 214 Å². The number of fused-ring (bicyclic) bond motifs is 1. The van der Waals surface area contributed by atoms with Crippen LogP contribution in [0.5, 0.6) is 0 Å². The first kappa shape index (κ1) is 24.2. The number of hydrogen-bond donors (Lipinski definition) is 0. The van der Waals surface area contributed by atoms with Crippen molar-refractivity contribution in [3.8, 4) is 10.6 Å².